The Labute approximate surface area is 113 Å². The predicted octanol–water partition coefficient (Wildman–Crippen LogP) is 3.35. The van der Waals surface area contributed by atoms with Crippen molar-refractivity contribution in [2.75, 3.05) is 25.1 Å². The van der Waals surface area contributed by atoms with Gasteiger partial charge in [-0.15, -0.1) is 0 Å². The van der Waals surface area contributed by atoms with Crippen LogP contribution < -0.4 is 9.64 Å². The zero-order chi connectivity index (χ0) is 13.9. The maximum absolute atomic E-state index is 13.8. The van der Waals surface area contributed by atoms with Gasteiger partial charge in [-0.2, -0.15) is 5.26 Å². The van der Waals surface area contributed by atoms with Crippen LogP contribution in [0.5, 0.6) is 5.75 Å². The minimum absolute atomic E-state index is 0.246. The van der Waals surface area contributed by atoms with Crippen LogP contribution >= 0.6 is 0 Å². The first-order valence-electron chi connectivity index (χ1n) is 6.65. The van der Waals surface area contributed by atoms with Crippen molar-refractivity contribution < 1.29 is 9.13 Å². The van der Waals surface area contributed by atoms with Gasteiger partial charge in [0, 0.05) is 25.3 Å². The van der Waals surface area contributed by atoms with Crippen LogP contribution in [0.3, 0.4) is 0 Å². The number of rotatable bonds is 5. The molecule has 0 saturated heterocycles. The summed E-state index contributed by atoms with van der Waals surface area (Å²) in [6.07, 6.45) is 2.99. The van der Waals surface area contributed by atoms with Crippen molar-refractivity contribution in [1.29, 1.82) is 5.26 Å². The third-order valence-corrected chi connectivity index (χ3v) is 3.74. The summed E-state index contributed by atoms with van der Waals surface area (Å²) in [6, 6.07) is 7.34. The first kappa shape index (κ1) is 13.7. The van der Waals surface area contributed by atoms with Gasteiger partial charge in [0.15, 0.2) is 11.6 Å². The van der Waals surface area contributed by atoms with Gasteiger partial charge in [0.1, 0.15) is 0 Å². The van der Waals surface area contributed by atoms with E-state index in [-0.39, 0.29) is 17.0 Å². The zero-order valence-corrected chi connectivity index (χ0v) is 11.4. The van der Waals surface area contributed by atoms with Crippen LogP contribution in [0.1, 0.15) is 26.2 Å². The molecule has 0 unspecified atom stereocenters. The van der Waals surface area contributed by atoms with Crippen LogP contribution in [0.2, 0.25) is 0 Å². The van der Waals surface area contributed by atoms with E-state index < -0.39 is 0 Å². The Morgan fingerprint density at radius 1 is 1.47 bits per heavy atom. The number of nitriles is 1. The monoisotopic (exact) mass is 262 g/mol. The van der Waals surface area contributed by atoms with Crippen LogP contribution in [-0.2, 0) is 0 Å². The number of anilines is 1. The normalized spacial score (nSPS) is 16.3. The minimum atomic E-state index is -0.356. The van der Waals surface area contributed by atoms with Crippen molar-refractivity contribution in [3.8, 4) is 11.8 Å². The highest BCUT2D eigenvalue weighted by molar-refractivity contribution is 5.49. The van der Waals surface area contributed by atoms with E-state index in [1.165, 1.54) is 6.07 Å². The van der Waals surface area contributed by atoms with Crippen molar-refractivity contribution in [1.82, 2.24) is 0 Å². The maximum atomic E-state index is 13.8. The van der Waals surface area contributed by atoms with E-state index in [2.05, 4.69) is 6.07 Å². The molecule has 0 atom stereocenters. The molecule has 0 aromatic heterocycles. The van der Waals surface area contributed by atoms with Crippen molar-refractivity contribution in [3.63, 3.8) is 0 Å². The number of nitrogens with zero attached hydrogens (tertiary/aromatic N) is 2. The molecule has 0 amide bonds. The Hall–Kier alpha value is -1.76. The number of hydrogen-bond donors (Lipinski definition) is 0. The standard InChI is InChI=1S/C15H19FN2O/c1-3-19-14-6-5-12(9-13(14)16)18(2)11-15(10-17)7-4-8-15/h5-6,9H,3-4,7-8,11H2,1-2H3. The fourth-order valence-corrected chi connectivity index (χ4v) is 2.45. The van der Waals surface area contributed by atoms with E-state index in [4.69, 9.17) is 4.74 Å². The summed E-state index contributed by atoms with van der Waals surface area (Å²) in [7, 11) is 1.90. The molecule has 1 aromatic rings. The lowest BCUT2D eigenvalue weighted by molar-refractivity contribution is 0.223. The van der Waals surface area contributed by atoms with Crippen molar-refractivity contribution in [2.24, 2.45) is 5.41 Å². The number of ether oxygens (including phenoxy) is 1. The van der Waals surface area contributed by atoms with Gasteiger partial charge in [0.2, 0.25) is 0 Å². The maximum Gasteiger partial charge on any atom is 0.167 e. The lowest BCUT2D eigenvalue weighted by Gasteiger charge is -2.39. The second-order valence-electron chi connectivity index (χ2n) is 5.15. The van der Waals surface area contributed by atoms with Gasteiger partial charge in [-0.3, -0.25) is 0 Å². The van der Waals surface area contributed by atoms with Crippen LogP contribution in [0.25, 0.3) is 0 Å². The van der Waals surface area contributed by atoms with Crippen molar-refractivity contribution in [3.05, 3.63) is 24.0 Å². The molecular formula is C15H19FN2O. The fraction of sp³-hybridized carbons (Fsp3) is 0.533. The van der Waals surface area contributed by atoms with Gasteiger partial charge in [0.05, 0.1) is 18.1 Å². The molecule has 0 bridgehead atoms. The SMILES string of the molecule is CCOc1ccc(N(C)CC2(C#N)CCC2)cc1F. The molecule has 0 heterocycles. The Balaban J connectivity index is 2.09. The van der Waals surface area contributed by atoms with Crippen LogP contribution in [0.15, 0.2) is 18.2 Å². The lowest BCUT2D eigenvalue weighted by Crippen LogP contribution is -2.39. The Morgan fingerprint density at radius 3 is 2.68 bits per heavy atom. The Bertz CT molecular complexity index is 491. The molecule has 1 aromatic carbocycles. The number of halogens is 1. The Kier molecular flexibility index (Phi) is 3.94. The van der Waals surface area contributed by atoms with Gasteiger partial charge in [0.25, 0.3) is 0 Å². The summed E-state index contributed by atoms with van der Waals surface area (Å²) < 4.78 is 19.0. The molecule has 0 spiro atoms. The Morgan fingerprint density at radius 2 is 2.21 bits per heavy atom. The van der Waals surface area contributed by atoms with Gasteiger partial charge in [-0.1, -0.05) is 6.42 Å². The van der Waals surface area contributed by atoms with Gasteiger partial charge in [-0.05, 0) is 31.9 Å². The van der Waals surface area contributed by atoms with E-state index in [1.807, 2.05) is 24.9 Å². The summed E-state index contributed by atoms with van der Waals surface area (Å²) in [5, 5.41) is 9.23. The molecule has 0 aliphatic heterocycles. The van der Waals surface area contributed by atoms with Crippen LogP contribution in [0, 0.1) is 22.6 Å². The molecule has 1 aliphatic carbocycles. The third-order valence-electron chi connectivity index (χ3n) is 3.74. The summed E-state index contributed by atoms with van der Waals surface area (Å²) in [6.45, 7) is 2.92. The quantitative estimate of drug-likeness (QED) is 0.816. The molecule has 4 heteroatoms. The minimum Gasteiger partial charge on any atom is -0.491 e. The summed E-state index contributed by atoms with van der Waals surface area (Å²) >= 11 is 0. The highest BCUT2D eigenvalue weighted by Gasteiger charge is 2.38. The molecule has 2 rings (SSSR count). The highest BCUT2D eigenvalue weighted by atomic mass is 19.1. The lowest BCUT2D eigenvalue weighted by atomic mass is 9.69. The summed E-state index contributed by atoms with van der Waals surface area (Å²) in [5.41, 5.74) is 0.534. The first-order chi connectivity index (χ1) is 9.10. The van der Waals surface area contributed by atoms with E-state index >= 15 is 0 Å². The average molecular weight is 262 g/mol. The molecule has 1 aliphatic rings. The fourth-order valence-electron chi connectivity index (χ4n) is 2.45. The highest BCUT2D eigenvalue weighted by Crippen LogP contribution is 2.41. The zero-order valence-electron chi connectivity index (χ0n) is 11.4. The second kappa shape index (κ2) is 5.48. The summed E-state index contributed by atoms with van der Waals surface area (Å²) in [4.78, 5) is 1.95. The van der Waals surface area contributed by atoms with Gasteiger partial charge in [-0.25, -0.2) is 4.39 Å². The third kappa shape index (κ3) is 2.81. The number of hydrogen-bond acceptors (Lipinski definition) is 3. The van der Waals surface area contributed by atoms with Crippen molar-refractivity contribution in [2.45, 2.75) is 26.2 Å². The van der Waals surface area contributed by atoms with E-state index in [0.717, 1.165) is 24.9 Å². The largest absolute Gasteiger partial charge is 0.491 e. The van der Waals surface area contributed by atoms with E-state index in [9.17, 15) is 9.65 Å². The van der Waals surface area contributed by atoms with Gasteiger partial charge < -0.3 is 9.64 Å². The smallest absolute Gasteiger partial charge is 0.167 e. The predicted molar refractivity (Wildman–Crippen MR) is 72.7 cm³/mol. The molecule has 1 saturated carbocycles. The molecular weight excluding hydrogens is 243 g/mol. The molecule has 19 heavy (non-hydrogen) atoms. The topological polar surface area (TPSA) is 36.3 Å². The molecule has 0 radical (unpaired) electrons. The molecule has 0 N–H and O–H groups in total. The van der Waals surface area contributed by atoms with E-state index in [1.54, 1.807) is 6.07 Å². The van der Waals surface area contributed by atoms with Crippen molar-refractivity contribution >= 4 is 5.69 Å². The van der Waals surface area contributed by atoms with Crippen LogP contribution in [-0.4, -0.2) is 20.2 Å². The molecule has 3 nitrogen and oxygen atoms in total. The second-order valence-corrected chi connectivity index (χ2v) is 5.15. The molecule has 102 valence electrons. The first-order valence-corrected chi connectivity index (χ1v) is 6.65. The molecule has 1 fully saturated rings. The number of benzene rings is 1. The van der Waals surface area contributed by atoms with Crippen LogP contribution in [0.4, 0.5) is 10.1 Å². The summed E-state index contributed by atoms with van der Waals surface area (Å²) in [5.74, 6) is -0.0795. The average Bonchev–Trinajstić information content (AvgIpc) is 2.36. The van der Waals surface area contributed by atoms with Gasteiger partial charge >= 0.3 is 0 Å². The van der Waals surface area contributed by atoms with E-state index in [0.29, 0.717) is 13.2 Å².